The fraction of sp³-hybridized carbons (Fsp3) is 0.889. The largest absolute Gasteiger partial charge is 0.422 e. The van der Waals surface area contributed by atoms with Crippen LogP contribution < -0.4 is 0 Å². The van der Waals surface area contributed by atoms with Gasteiger partial charge in [-0.2, -0.15) is 0 Å². The van der Waals surface area contributed by atoms with E-state index in [1.807, 2.05) is 9.80 Å². The number of rotatable bonds is 0. The van der Waals surface area contributed by atoms with Crippen LogP contribution in [0.2, 0.25) is 0 Å². The van der Waals surface area contributed by atoms with E-state index in [1.54, 1.807) is 0 Å². The van der Waals surface area contributed by atoms with E-state index >= 15 is 0 Å². The van der Waals surface area contributed by atoms with Crippen molar-refractivity contribution < 1.29 is 9.47 Å². The Labute approximate surface area is 84.1 Å². The Morgan fingerprint density at radius 2 is 1.14 bits per heavy atom. The molecular formula is C9H16N3O2-. The molecule has 0 bridgehead atoms. The SMILES string of the molecule is [N-]=C(N1CCOCC1)N1CCOCC1. The van der Waals surface area contributed by atoms with Crippen molar-refractivity contribution in [3.8, 4) is 0 Å². The molecule has 0 spiro atoms. The van der Waals surface area contributed by atoms with Crippen LogP contribution in [-0.2, 0) is 9.47 Å². The van der Waals surface area contributed by atoms with Crippen molar-refractivity contribution in [2.75, 3.05) is 52.6 Å². The third-order valence-corrected chi connectivity index (χ3v) is 2.59. The first-order chi connectivity index (χ1) is 6.88. The highest BCUT2D eigenvalue weighted by atomic mass is 16.5. The molecule has 0 amide bonds. The Hall–Kier alpha value is -0.810. The van der Waals surface area contributed by atoms with E-state index < -0.39 is 0 Å². The Bertz CT molecular complexity index is 178. The van der Waals surface area contributed by atoms with Gasteiger partial charge in [-0.3, -0.25) is 0 Å². The average molecular weight is 198 g/mol. The molecule has 0 radical (unpaired) electrons. The molecule has 0 unspecified atom stereocenters. The molecule has 2 aliphatic rings. The molecule has 5 nitrogen and oxygen atoms in total. The normalized spacial score (nSPS) is 23.7. The molecule has 5 heteroatoms. The highest BCUT2D eigenvalue weighted by Gasteiger charge is 2.13. The molecule has 0 aromatic carbocycles. The van der Waals surface area contributed by atoms with Gasteiger partial charge in [-0.05, 0) is 26.2 Å². The third kappa shape index (κ3) is 2.16. The van der Waals surface area contributed by atoms with Crippen molar-refractivity contribution in [3.05, 3.63) is 5.41 Å². The van der Waals surface area contributed by atoms with Crippen LogP contribution >= 0.6 is 0 Å². The van der Waals surface area contributed by atoms with Gasteiger partial charge in [-0.25, -0.2) is 0 Å². The molecule has 14 heavy (non-hydrogen) atoms. The molecule has 0 N–H and O–H groups in total. The van der Waals surface area contributed by atoms with Crippen molar-refractivity contribution >= 4 is 5.96 Å². The monoisotopic (exact) mass is 198 g/mol. The van der Waals surface area contributed by atoms with Gasteiger partial charge in [0.1, 0.15) is 0 Å². The van der Waals surface area contributed by atoms with Gasteiger partial charge in [0, 0.05) is 5.96 Å². The summed E-state index contributed by atoms with van der Waals surface area (Å²) in [6, 6.07) is 0. The molecule has 0 aromatic rings. The molecule has 2 aliphatic heterocycles. The van der Waals surface area contributed by atoms with Crippen molar-refractivity contribution in [1.82, 2.24) is 9.80 Å². The van der Waals surface area contributed by atoms with Crippen LogP contribution in [0.3, 0.4) is 0 Å². The number of morpholine rings is 2. The van der Waals surface area contributed by atoms with Gasteiger partial charge in [0.25, 0.3) is 0 Å². The van der Waals surface area contributed by atoms with E-state index in [-0.39, 0.29) is 0 Å². The second kappa shape index (κ2) is 4.61. The number of guanidine groups is 1. The molecule has 0 saturated carbocycles. The summed E-state index contributed by atoms with van der Waals surface area (Å²) >= 11 is 0. The molecular weight excluding hydrogens is 182 g/mol. The van der Waals surface area contributed by atoms with Crippen LogP contribution in [0.4, 0.5) is 0 Å². The number of hydrogen-bond acceptors (Lipinski definition) is 2. The lowest BCUT2D eigenvalue weighted by Crippen LogP contribution is -2.51. The van der Waals surface area contributed by atoms with E-state index in [0.29, 0.717) is 32.4 Å². The van der Waals surface area contributed by atoms with Gasteiger partial charge >= 0.3 is 0 Å². The second-order valence-corrected chi connectivity index (χ2v) is 3.50. The zero-order valence-corrected chi connectivity index (χ0v) is 8.31. The summed E-state index contributed by atoms with van der Waals surface area (Å²) in [5, 5.41) is 9.96. The van der Waals surface area contributed by atoms with Gasteiger partial charge in [0.15, 0.2) is 0 Å². The van der Waals surface area contributed by atoms with Gasteiger partial charge < -0.3 is 24.7 Å². The summed E-state index contributed by atoms with van der Waals surface area (Å²) in [7, 11) is 0. The van der Waals surface area contributed by atoms with Crippen LogP contribution in [-0.4, -0.2) is 68.4 Å². The highest BCUT2D eigenvalue weighted by molar-refractivity contribution is 5.83. The minimum absolute atomic E-state index is 0.386. The summed E-state index contributed by atoms with van der Waals surface area (Å²) in [6.07, 6.45) is 0. The number of nitrogens with zero attached hydrogens (tertiary/aromatic N) is 3. The van der Waals surface area contributed by atoms with Gasteiger partial charge in [-0.1, -0.05) is 0 Å². The van der Waals surface area contributed by atoms with E-state index in [9.17, 15) is 5.41 Å². The topological polar surface area (TPSA) is 47.2 Å². The van der Waals surface area contributed by atoms with Crippen molar-refractivity contribution in [3.63, 3.8) is 0 Å². The average Bonchev–Trinajstić information content (AvgIpc) is 2.30. The molecule has 2 fully saturated rings. The molecule has 80 valence electrons. The fourth-order valence-electron chi connectivity index (χ4n) is 1.73. The lowest BCUT2D eigenvalue weighted by atomic mass is 10.4. The van der Waals surface area contributed by atoms with Gasteiger partial charge in [0.2, 0.25) is 0 Å². The number of ether oxygens (including phenoxy) is 2. The van der Waals surface area contributed by atoms with Gasteiger partial charge in [-0.15, -0.1) is 0 Å². The van der Waals surface area contributed by atoms with E-state index in [4.69, 9.17) is 9.47 Å². The maximum Gasteiger partial charge on any atom is 0.0518 e. The van der Waals surface area contributed by atoms with Crippen molar-refractivity contribution in [1.29, 1.82) is 0 Å². The minimum atomic E-state index is 0.386. The maximum absolute atomic E-state index is 9.96. The molecule has 0 aliphatic carbocycles. The molecule has 2 rings (SSSR count). The highest BCUT2D eigenvalue weighted by Crippen LogP contribution is 2.04. The first-order valence-electron chi connectivity index (χ1n) is 5.09. The van der Waals surface area contributed by atoms with Crippen molar-refractivity contribution in [2.24, 2.45) is 0 Å². The Kier molecular flexibility index (Phi) is 3.21. The third-order valence-electron chi connectivity index (χ3n) is 2.59. The predicted molar refractivity (Wildman–Crippen MR) is 53.2 cm³/mol. The van der Waals surface area contributed by atoms with E-state index in [1.165, 1.54) is 0 Å². The standard InChI is InChI=1S/C9H16N3O2/c10-9(11-1-5-13-6-2-11)12-3-7-14-8-4-12/h1-8H2/q-1. The fourth-order valence-corrected chi connectivity index (χ4v) is 1.73. The zero-order chi connectivity index (χ0) is 9.80. The molecule has 0 aromatic heterocycles. The second-order valence-electron chi connectivity index (χ2n) is 3.50. The first kappa shape index (κ1) is 9.73. The molecule has 2 heterocycles. The van der Waals surface area contributed by atoms with Crippen LogP contribution in [0, 0.1) is 0 Å². The minimum Gasteiger partial charge on any atom is -0.422 e. The lowest BCUT2D eigenvalue weighted by molar-refractivity contribution is 0.0434. The van der Waals surface area contributed by atoms with Crippen molar-refractivity contribution in [2.45, 2.75) is 0 Å². The molecule has 0 atom stereocenters. The zero-order valence-electron chi connectivity index (χ0n) is 8.31. The smallest absolute Gasteiger partial charge is 0.0518 e. The molecule has 2 saturated heterocycles. The lowest BCUT2D eigenvalue weighted by Gasteiger charge is -2.44. The summed E-state index contributed by atoms with van der Waals surface area (Å²) in [5.41, 5.74) is 0. The Balaban J connectivity index is 1.85. The summed E-state index contributed by atoms with van der Waals surface area (Å²) < 4.78 is 10.5. The quantitative estimate of drug-likeness (QED) is 0.391. The summed E-state index contributed by atoms with van der Waals surface area (Å²) in [6.45, 7) is 5.93. The summed E-state index contributed by atoms with van der Waals surface area (Å²) in [4.78, 5) is 3.93. The number of hydrogen-bond donors (Lipinski definition) is 0. The Morgan fingerprint density at radius 1 is 0.786 bits per heavy atom. The first-order valence-corrected chi connectivity index (χ1v) is 5.09. The Morgan fingerprint density at radius 3 is 1.50 bits per heavy atom. The van der Waals surface area contributed by atoms with Crippen LogP contribution in [0.25, 0.3) is 5.41 Å². The van der Waals surface area contributed by atoms with E-state index in [0.717, 1.165) is 26.2 Å². The predicted octanol–water partition coefficient (Wildman–Crippen LogP) is -0.424. The maximum atomic E-state index is 9.96. The summed E-state index contributed by atoms with van der Waals surface area (Å²) in [5.74, 6) is 0.386. The van der Waals surface area contributed by atoms with E-state index in [2.05, 4.69) is 0 Å². The van der Waals surface area contributed by atoms with Crippen LogP contribution in [0.1, 0.15) is 0 Å². The van der Waals surface area contributed by atoms with Gasteiger partial charge in [0.05, 0.1) is 26.4 Å². The van der Waals surface area contributed by atoms with Crippen LogP contribution in [0.15, 0.2) is 0 Å². The van der Waals surface area contributed by atoms with Crippen LogP contribution in [0.5, 0.6) is 0 Å².